The predicted molar refractivity (Wildman–Crippen MR) is 134 cm³/mol. The zero-order valence-electron chi connectivity index (χ0n) is 19.4. The minimum atomic E-state index is -3.49. The summed E-state index contributed by atoms with van der Waals surface area (Å²) in [5.74, 6) is 0.101. The Hall–Kier alpha value is -2.94. The van der Waals surface area contributed by atoms with Gasteiger partial charge in [-0.2, -0.15) is 4.31 Å². The summed E-state index contributed by atoms with van der Waals surface area (Å²) in [6.45, 7) is 5.48. The first-order chi connectivity index (χ1) is 16.4. The van der Waals surface area contributed by atoms with Gasteiger partial charge in [-0.3, -0.25) is 9.69 Å². The number of aromatic nitrogens is 1. The summed E-state index contributed by atoms with van der Waals surface area (Å²) in [6, 6.07) is 15.2. The van der Waals surface area contributed by atoms with Crippen LogP contribution >= 0.6 is 0 Å². The molecule has 0 atom stereocenters. The van der Waals surface area contributed by atoms with Crippen LogP contribution in [0.1, 0.15) is 17.5 Å². The van der Waals surface area contributed by atoms with Crippen molar-refractivity contribution in [2.24, 2.45) is 0 Å². The number of hydrogen-bond acceptors (Lipinski definition) is 4. The van der Waals surface area contributed by atoms with Crippen LogP contribution < -0.4 is 0 Å². The van der Waals surface area contributed by atoms with Crippen molar-refractivity contribution in [1.82, 2.24) is 19.1 Å². The molecule has 1 amide bonds. The van der Waals surface area contributed by atoms with Crippen molar-refractivity contribution in [3.05, 3.63) is 71.9 Å². The van der Waals surface area contributed by atoms with Crippen LogP contribution in [0.3, 0.4) is 0 Å². The molecule has 1 aromatic heterocycles. The normalized spacial score (nSPS) is 18.3. The minimum absolute atomic E-state index is 0.101. The largest absolute Gasteiger partial charge is 0.361 e. The third-order valence-corrected chi connectivity index (χ3v) is 8.76. The van der Waals surface area contributed by atoms with E-state index in [2.05, 4.69) is 34.3 Å². The van der Waals surface area contributed by atoms with E-state index in [0.717, 1.165) is 17.5 Å². The zero-order chi connectivity index (χ0) is 23.7. The fraction of sp³-hybridized carbons (Fsp3) is 0.346. The van der Waals surface area contributed by atoms with E-state index in [9.17, 15) is 13.2 Å². The van der Waals surface area contributed by atoms with Crippen molar-refractivity contribution in [1.29, 1.82) is 0 Å². The second-order valence-corrected chi connectivity index (χ2v) is 11.0. The fourth-order valence-electron chi connectivity index (χ4n) is 4.76. The smallest absolute Gasteiger partial charge is 0.243 e. The Morgan fingerprint density at radius 3 is 2.41 bits per heavy atom. The Morgan fingerprint density at radius 2 is 1.71 bits per heavy atom. The van der Waals surface area contributed by atoms with Crippen LogP contribution in [0.5, 0.6) is 0 Å². The van der Waals surface area contributed by atoms with Gasteiger partial charge in [0.2, 0.25) is 15.9 Å². The first-order valence-electron chi connectivity index (χ1n) is 11.7. The number of amides is 1. The van der Waals surface area contributed by atoms with E-state index >= 15 is 0 Å². The van der Waals surface area contributed by atoms with Crippen molar-refractivity contribution < 1.29 is 13.2 Å². The molecule has 7 nitrogen and oxygen atoms in total. The first-order valence-corrected chi connectivity index (χ1v) is 13.2. The monoisotopic (exact) mass is 478 g/mol. The van der Waals surface area contributed by atoms with E-state index in [-0.39, 0.29) is 5.91 Å². The van der Waals surface area contributed by atoms with Gasteiger partial charge < -0.3 is 9.88 Å². The topological polar surface area (TPSA) is 76.7 Å². The van der Waals surface area contributed by atoms with Gasteiger partial charge in [-0.1, -0.05) is 42.0 Å². The molecule has 0 unspecified atom stereocenters. The third kappa shape index (κ3) is 4.53. The molecule has 1 fully saturated rings. The van der Waals surface area contributed by atoms with Gasteiger partial charge in [0.05, 0.1) is 11.4 Å². The van der Waals surface area contributed by atoms with Gasteiger partial charge in [-0.25, -0.2) is 8.42 Å². The van der Waals surface area contributed by atoms with Gasteiger partial charge in [0, 0.05) is 61.9 Å². The van der Waals surface area contributed by atoms with Gasteiger partial charge in [-0.05, 0) is 37.1 Å². The molecule has 34 heavy (non-hydrogen) atoms. The number of para-hydroxylation sites is 1. The number of aromatic amines is 1. The van der Waals surface area contributed by atoms with Crippen LogP contribution in [-0.4, -0.2) is 79.2 Å². The highest BCUT2D eigenvalue weighted by Gasteiger charge is 2.30. The lowest BCUT2D eigenvalue weighted by Gasteiger charge is -2.35. The van der Waals surface area contributed by atoms with Crippen molar-refractivity contribution in [3.8, 4) is 0 Å². The minimum Gasteiger partial charge on any atom is -0.361 e. The van der Waals surface area contributed by atoms with Crippen LogP contribution in [0, 0.1) is 6.92 Å². The summed E-state index contributed by atoms with van der Waals surface area (Å²) in [4.78, 5) is 20.5. The molecular weight excluding hydrogens is 448 g/mol. The molecule has 2 aliphatic rings. The molecule has 3 heterocycles. The number of fused-ring (bicyclic) bond motifs is 1. The highest BCUT2D eigenvalue weighted by molar-refractivity contribution is 7.89. The van der Waals surface area contributed by atoms with E-state index in [1.165, 1.54) is 20.8 Å². The van der Waals surface area contributed by atoms with Crippen molar-refractivity contribution in [3.63, 3.8) is 0 Å². The number of carbonyl (C=O) groups is 1. The van der Waals surface area contributed by atoms with E-state index in [1.807, 2.05) is 36.1 Å². The van der Waals surface area contributed by atoms with Gasteiger partial charge >= 0.3 is 0 Å². The Balaban J connectivity index is 1.15. The average Bonchev–Trinajstić information content (AvgIpc) is 3.29. The number of H-pyrrole nitrogens is 1. The van der Waals surface area contributed by atoms with E-state index in [0.29, 0.717) is 50.7 Å². The number of nitrogens with one attached hydrogen (secondary N) is 1. The van der Waals surface area contributed by atoms with Crippen LogP contribution in [0.4, 0.5) is 0 Å². The standard InChI is InChI=1S/C26H30N4O3S/c1-20-6-8-22(9-7-20)34(32,33)30-16-14-28(15-17-30)19-26(31)29-12-10-21(11-13-29)24-18-27-25-5-3-2-4-23(24)25/h2-10,18,27H,11-17,19H2,1H3. The highest BCUT2D eigenvalue weighted by atomic mass is 32.2. The molecule has 2 aromatic carbocycles. The number of hydrogen-bond donors (Lipinski definition) is 1. The molecule has 0 bridgehead atoms. The number of aryl methyl sites for hydroxylation is 1. The Labute approximate surface area is 200 Å². The average molecular weight is 479 g/mol. The summed E-state index contributed by atoms with van der Waals surface area (Å²) in [5.41, 5.74) is 4.65. The molecule has 5 rings (SSSR count). The van der Waals surface area contributed by atoms with Crippen LogP contribution in [0.2, 0.25) is 0 Å². The third-order valence-electron chi connectivity index (χ3n) is 6.85. The molecular formula is C26H30N4O3S. The molecule has 1 saturated heterocycles. The summed E-state index contributed by atoms with van der Waals surface area (Å²) in [5, 5.41) is 1.21. The molecule has 2 aliphatic heterocycles. The predicted octanol–water partition coefficient (Wildman–Crippen LogP) is 3.10. The van der Waals surface area contributed by atoms with Crippen molar-refractivity contribution in [2.75, 3.05) is 45.8 Å². The number of carbonyl (C=O) groups excluding carboxylic acids is 1. The Kier molecular flexibility index (Phi) is 6.29. The second kappa shape index (κ2) is 9.37. The van der Waals surface area contributed by atoms with E-state index in [4.69, 9.17) is 0 Å². The Morgan fingerprint density at radius 1 is 0.971 bits per heavy atom. The quantitative estimate of drug-likeness (QED) is 0.611. The fourth-order valence-corrected chi connectivity index (χ4v) is 6.18. The summed E-state index contributed by atoms with van der Waals surface area (Å²) < 4.78 is 27.3. The van der Waals surface area contributed by atoms with Crippen LogP contribution in [0.15, 0.2) is 65.7 Å². The number of nitrogens with zero attached hydrogens (tertiary/aromatic N) is 3. The summed E-state index contributed by atoms with van der Waals surface area (Å²) in [6.07, 6.45) is 5.04. The maximum Gasteiger partial charge on any atom is 0.243 e. The lowest BCUT2D eigenvalue weighted by molar-refractivity contribution is -0.132. The maximum atomic E-state index is 12.9. The molecule has 178 valence electrons. The lowest BCUT2D eigenvalue weighted by atomic mass is 9.99. The van der Waals surface area contributed by atoms with Crippen molar-refractivity contribution >= 4 is 32.4 Å². The second-order valence-electron chi connectivity index (χ2n) is 9.06. The number of benzene rings is 2. The van der Waals surface area contributed by atoms with Gasteiger partial charge in [0.25, 0.3) is 0 Å². The molecule has 3 aromatic rings. The zero-order valence-corrected chi connectivity index (χ0v) is 20.2. The number of piperazine rings is 1. The molecule has 0 radical (unpaired) electrons. The molecule has 1 N–H and O–H groups in total. The summed E-state index contributed by atoms with van der Waals surface area (Å²) >= 11 is 0. The first kappa shape index (κ1) is 22.8. The SMILES string of the molecule is Cc1ccc(S(=O)(=O)N2CCN(CC(=O)N3CC=C(c4c[nH]c5ccccc45)CC3)CC2)cc1. The van der Waals surface area contributed by atoms with E-state index < -0.39 is 10.0 Å². The van der Waals surface area contributed by atoms with Gasteiger partial charge in [0.1, 0.15) is 0 Å². The van der Waals surface area contributed by atoms with Crippen LogP contribution in [0.25, 0.3) is 16.5 Å². The molecule has 0 aliphatic carbocycles. The number of rotatable bonds is 5. The highest BCUT2D eigenvalue weighted by Crippen LogP contribution is 2.29. The Bertz CT molecular complexity index is 1320. The molecule has 8 heteroatoms. The molecule has 0 saturated carbocycles. The molecule has 0 spiro atoms. The van der Waals surface area contributed by atoms with Crippen LogP contribution in [-0.2, 0) is 14.8 Å². The van der Waals surface area contributed by atoms with Gasteiger partial charge in [-0.15, -0.1) is 0 Å². The maximum absolute atomic E-state index is 12.9. The lowest BCUT2D eigenvalue weighted by Crippen LogP contribution is -2.51. The van der Waals surface area contributed by atoms with Gasteiger partial charge in [0.15, 0.2) is 0 Å². The summed E-state index contributed by atoms with van der Waals surface area (Å²) in [7, 11) is -3.49. The van der Waals surface area contributed by atoms with Crippen molar-refractivity contribution in [2.45, 2.75) is 18.2 Å². The van der Waals surface area contributed by atoms with E-state index in [1.54, 1.807) is 12.1 Å². The number of sulfonamides is 1.